The summed E-state index contributed by atoms with van der Waals surface area (Å²) >= 11 is 17.9. The van der Waals surface area contributed by atoms with Crippen LogP contribution in [0.5, 0.6) is 0 Å². The number of rotatable bonds is 7. The van der Waals surface area contributed by atoms with Gasteiger partial charge < -0.3 is 19.4 Å². The van der Waals surface area contributed by atoms with Gasteiger partial charge in [0.15, 0.2) is 5.11 Å². The molecule has 0 unspecified atom stereocenters. The van der Waals surface area contributed by atoms with Crippen LogP contribution in [0.25, 0.3) is 11.3 Å². The number of aromatic nitrogens is 1. The number of furan rings is 1. The highest BCUT2D eigenvalue weighted by molar-refractivity contribution is 7.80. The molecule has 0 aliphatic carbocycles. The molecule has 0 spiro atoms. The van der Waals surface area contributed by atoms with Gasteiger partial charge in [-0.2, -0.15) is 0 Å². The fraction of sp³-hybridized carbons (Fsp3) is 0.273. The zero-order chi connectivity index (χ0) is 21.1. The fourth-order valence-electron chi connectivity index (χ4n) is 3.65. The number of ether oxygens (including phenoxy) is 1. The van der Waals surface area contributed by atoms with Gasteiger partial charge in [0.05, 0.1) is 21.8 Å². The van der Waals surface area contributed by atoms with Gasteiger partial charge in [0.1, 0.15) is 17.6 Å². The van der Waals surface area contributed by atoms with Gasteiger partial charge in [-0.3, -0.25) is 4.98 Å². The second kappa shape index (κ2) is 9.35. The van der Waals surface area contributed by atoms with E-state index in [0.29, 0.717) is 21.8 Å². The van der Waals surface area contributed by atoms with Crippen LogP contribution in [0.15, 0.2) is 59.1 Å². The maximum absolute atomic E-state index is 6.28. The normalized spacial score (nSPS) is 18.6. The number of hydrogen-bond donors (Lipinski definition) is 1. The van der Waals surface area contributed by atoms with Crippen LogP contribution in [-0.2, 0) is 4.74 Å². The first kappa shape index (κ1) is 21.1. The number of hydrogen-bond acceptors (Lipinski definition) is 4. The molecule has 30 heavy (non-hydrogen) atoms. The predicted molar refractivity (Wildman–Crippen MR) is 123 cm³/mol. The molecule has 1 fully saturated rings. The number of methoxy groups -OCH3 is 1. The molecule has 0 amide bonds. The molecule has 8 heteroatoms. The van der Waals surface area contributed by atoms with Crippen LogP contribution in [0, 0.1) is 0 Å². The van der Waals surface area contributed by atoms with Gasteiger partial charge >= 0.3 is 0 Å². The molecule has 5 nitrogen and oxygen atoms in total. The van der Waals surface area contributed by atoms with Crippen LogP contribution in [0.4, 0.5) is 0 Å². The van der Waals surface area contributed by atoms with Crippen molar-refractivity contribution >= 4 is 40.5 Å². The second-order valence-electron chi connectivity index (χ2n) is 7.00. The van der Waals surface area contributed by atoms with Gasteiger partial charge in [0.25, 0.3) is 0 Å². The summed E-state index contributed by atoms with van der Waals surface area (Å²) in [5.74, 6) is 1.52. The van der Waals surface area contributed by atoms with E-state index in [-0.39, 0.29) is 12.1 Å². The number of thiocarbonyl (C=S) groups is 1. The van der Waals surface area contributed by atoms with Crippen LogP contribution in [0.3, 0.4) is 0 Å². The number of nitrogens with zero attached hydrogens (tertiary/aromatic N) is 2. The Bertz CT molecular complexity index is 1030. The molecule has 4 rings (SSSR count). The Morgan fingerprint density at radius 1 is 1.17 bits per heavy atom. The highest BCUT2D eigenvalue weighted by Crippen LogP contribution is 2.40. The van der Waals surface area contributed by atoms with E-state index >= 15 is 0 Å². The molecule has 2 atom stereocenters. The van der Waals surface area contributed by atoms with Crippen LogP contribution >= 0.6 is 35.4 Å². The molecule has 0 radical (unpaired) electrons. The third-order valence-electron chi connectivity index (χ3n) is 5.07. The van der Waals surface area contributed by atoms with Gasteiger partial charge in [-0.1, -0.05) is 29.3 Å². The van der Waals surface area contributed by atoms with E-state index in [2.05, 4.69) is 15.2 Å². The monoisotopic (exact) mass is 461 g/mol. The number of pyridine rings is 1. The Morgan fingerprint density at radius 2 is 2.03 bits per heavy atom. The van der Waals surface area contributed by atoms with Crippen molar-refractivity contribution in [1.29, 1.82) is 0 Å². The summed E-state index contributed by atoms with van der Waals surface area (Å²) in [6.07, 6.45) is 2.64. The number of benzene rings is 1. The van der Waals surface area contributed by atoms with E-state index in [0.717, 1.165) is 35.7 Å². The topological polar surface area (TPSA) is 50.5 Å². The summed E-state index contributed by atoms with van der Waals surface area (Å²) in [5, 5.41) is 5.10. The minimum absolute atomic E-state index is 0.117. The Hall–Kier alpha value is -2.12. The van der Waals surface area contributed by atoms with Crippen molar-refractivity contribution in [3.05, 3.63) is 76.2 Å². The molecule has 2 aromatic heterocycles. The molecule has 156 valence electrons. The van der Waals surface area contributed by atoms with Crippen LogP contribution in [0.2, 0.25) is 10.0 Å². The molecule has 0 saturated carbocycles. The quantitative estimate of drug-likeness (QED) is 0.361. The van der Waals surface area contributed by atoms with Gasteiger partial charge in [-0.25, -0.2) is 0 Å². The zero-order valence-electron chi connectivity index (χ0n) is 16.3. The van der Waals surface area contributed by atoms with Gasteiger partial charge in [0.2, 0.25) is 0 Å². The summed E-state index contributed by atoms with van der Waals surface area (Å²) in [7, 11) is 1.70. The minimum atomic E-state index is -0.124. The molecule has 3 heterocycles. The van der Waals surface area contributed by atoms with Gasteiger partial charge in [0, 0.05) is 32.0 Å². The van der Waals surface area contributed by atoms with Crippen molar-refractivity contribution in [3.8, 4) is 11.3 Å². The minimum Gasteiger partial charge on any atom is -0.459 e. The Morgan fingerprint density at radius 3 is 2.77 bits per heavy atom. The zero-order valence-corrected chi connectivity index (χ0v) is 18.7. The van der Waals surface area contributed by atoms with E-state index in [1.165, 1.54) is 0 Å². The van der Waals surface area contributed by atoms with E-state index in [1.54, 1.807) is 25.4 Å². The van der Waals surface area contributed by atoms with E-state index in [4.69, 9.17) is 44.6 Å². The summed E-state index contributed by atoms with van der Waals surface area (Å²) in [6.45, 7) is 1.41. The lowest BCUT2D eigenvalue weighted by atomic mass is 10.0. The van der Waals surface area contributed by atoms with E-state index < -0.39 is 0 Å². The molecule has 1 aliphatic rings. The summed E-state index contributed by atoms with van der Waals surface area (Å²) in [5.41, 5.74) is 1.77. The maximum Gasteiger partial charge on any atom is 0.170 e. The van der Waals surface area contributed by atoms with Crippen LogP contribution in [0.1, 0.15) is 30.0 Å². The summed E-state index contributed by atoms with van der Waals surface area (Å²) < 4.78 is 11.5. The van der Waals surface area contributed by atoms with Crippen LogP contribution in [-0.4, -0.2) is 35.3 Å². The molecule has 1 aliphatic heterocycles. The van der Waals surface area contributed by atoms with Crippen molar-refractivity contribution in [2.24, 2.45) is 0 Å². The first-order valence-electron chi connectivity index (χ1n) is 9.60. The van der Waals surface area contributed by atoms with Gasteiger partial charge in [-0.05, 0) is 61.1 Å². The van der Waals surface area contributed by atoms with Crippen molar-refractivity contribution in [2.45, 2.75) is 18.5 Å². The van der Waals surface area contributed by atoms with Crippen LogP contribution < -0.4 is 5.32 Å². The van der Waals surface area contributed by atoms with Crippen molar-refractivity contribution < 1.29 is 9.15 Å². The number of nitrogens with one attached hydrogen (secondary N) is 1. The molecule has 0 bridgehead atoms. The third kappa shape index (κ3) is 4.32. The first-order valence-corrected chi connectivity index (χ1v) is 10.8. The molecule has 1 aromatic carbocycles. The largest absolute Gasteiger partial charge is 0.459 e. The Labute approximate surface area is 190 Å². The smallest absolute Gasteiger partial charge is 0.170 e. The van der Waals surface area contributed by atoms with Crippen molar-refractivity contribution in [1.82, 2.24) is 15.2 Å². The van der Waals surface area contributed by atoms with Crippen molar-refractivity contribution in [2.75, 3.05) is 20.3 Å². The molecular weight excluding hydrogens is 441 g/mol. The molecular formula is C22H21Cl2N3O2S. The van der Waals surface area contributed by atoms with Crippen molar-refractivity contribution in [3.63, 3.8) is 0 Å². The predicted octanol–water partition coefficient (Wildman–Crippen LogP) is 5.66. The molecule has 1 N–H and O–H groups in total. The summed E-state index contributed by atoms with van der Waals surface area (Å²) in [6, 6.07) is 15.0. The highest BCUT2D eigenvalue weighted by Gasteiger charge is 2.41. The fourth-order valence-corrected chi connectivity index (χ4v) is 4.28. The standard InChI is InChI=1S/C22H21Cl2N3O2S/c1-28-12-4-11-27-21(20(26-22(27)30)17-5-2-3-10-25-17)19-9-8-18(29-19)14-6-7-15(23)16(24)13-14/h2-3,5-10,13,20-21H,4,11-12H2,1H3,(H,26,30)/t20-,21-/m0/s1. The molecule has 1 saturated heterocycles. The average Bonchev–Trinajstić information content (AvgIpc) is 3.36. The second-order valence-corrected chi connectivity index (χ2v) is 8.20. The SMILES string of the molecule is COCCCN1C(=S)N[C@@H](c2ccccn2)[C@@H]1c1ccc(-c2ccc(Cl)c(Cl)c2)o1. The Kier molecular flexibility index (Phi) is 6.58. The van der Waals surface area contributed by atoms with Gasteiger partial charge in [-0.15, -0.1) is 0 Å². The maximum atomic E-state index is 6.28. The lowest BCUT2D eigenvalue weighted by Gasteiger charge is -2.26. The average molecular weight is 462 g/mol. The summed E-state index contributed by atoms with van der Waals surface area (Å²) in [4.78, 5) is 6.68. The lowest BCUT2D eigenvalue weighted by molar-refractivity contribution is 0.177. The number of halogens is 2. The first-order chi connectivity index (χ1) is 14.6. The molecule has 3 aromatic rings. The van der Waals surface area contributed by atoms with E-state index in [9.17, 15) is 0 Å². The third-order valence-corrected chi connectivity index (χ3v) is 6.16. The Balaban J connectivity index is 1.68. The van der Waals surface area contributed by atoms with E-state index in [1.807, 2.05) is 36.4 Å². The highest BCUT2D eigenvalue weighted by atomic mass is 35.5. The lowest BCUT2D eigenvalue weighted by Crippen LogP contribution is -2.31.